The first kappa shape index (κ1) is 31.7. The number of phosphoric ester groups is 2. The number of aromatic nitrogens is 8. The molecule has 7 rings (SSSR count). The number of phosphoric acid groups is 2. The van der Waals surface area contributed by atoms with Crippen molar-refractivity contribution in [2.24, 2.45) is 0 Å². The fourth-order valence-corrected chi connectivity index (χ4v) is 7.42. The van der Waals surface area contributed by atoms with Crippen molar-refractivity contribution in [1.82, 2.24) is 39.0 Å². The third-order valence-corrected chi connectivity index (χ3v) is 9.52. The highest BCUT2D eigenvalue weighted by molar-refractivity contribution is 7.47. The Balaban J connectivity index is 1.15. The minimum Gasteiger partial charge on any atom is -0.386 e. The molecule has 0 bridgehead atoms. The Hall–Kier alpha value is -3.86. The SMILES string of the molecule is C=CNc1nc2c(ncn2[C@H]2C[C@@H]3OP(=O)(O)OC[C@H]4O[C@@H](n5cnc6c(=O)[nH]c(N)nc65)[C@H](O)[C@@H]4OP(=O)(O)OC[C@H]3O2)c(=O)[nH]1. The van der Waals surface area contributed by atoms with Crippen molar-refractivity contribution in [3.63, 3.8) is 0 Å². The standard InChI is InChI=1S/C22H26N10O13P2/c1-2-24-22-28-17-13(19(35)30-22)25-6-31(17)11-3-8-9(42-11)4-40-47(38,39)45-15-10(5-41-46(36,37)44-8)43-20(14(15)33)32-7-26-12-16(32)27-21(23)29-18(12)34/h2,6-11,14-15,20,33H,1,3-5H2,(H,36,37)(H,38,39)(H3,23,27,29,34)(H2,24,28,30,35)/t8-,9+,10+,11+,14+,15+,20+/m0/s1. The fourth-order valence-electron chi connectivity index (χ4n) is 5.50. The molecular formula is C22H26N10O13P2. The van der Waals surface area contributed by atoms with Gasteiger partial charge in [0.25, 0.3) is 11.1 Å². The number of aromatic amines is 2. The molecule has 0 aliphatic carbocycles. The molecule has 8 N–H and O–H groups in total. The summed E-state index contributed by atoms with van der Waals surface area (Å²) in [4.78, 5) is 67.1. The number of hydrogen-bond acceptors (Lipinski definition) is 17. The van der Waals surface area contributed by atoms with Crippen LogP contribution >= 0.6 is 15.6 Å². The summed E-state index contributed by atoms with van der Waals surface area (Å²) in [5.41, 5.74) is 4.22. The Labute approximate surface area is 260 Å². The van der Waals surface area contributed by atoms with E-state index in [-0.39, 0.29) is 40.6 Å². The first-order valence-corrected chi connectivity index (χ1v) is 16.7. The molecule has 3 fully saturated rings. The van der Waals surface area contributed by atoms with Crippen LogP contribution < -0.4 is 22.2 Å². The van der Waals surface area contributed by atoms with Crippen molar-refractivity contribution >= 4 is 49.9 Å². The highest BCUT2D eigenvalue weighted by Crippen LogP contribution is 2.53. The summed E-state index contributed by atoms with van der Waals surface area (Å²) in [6.07, 6.45) is -6.31. The van der Waals surface area contributed by atoms with E-state index in [2.05, 4.69) is 41.8 Å². The number of H-pyrrole nitrogens is 2. The number of rotatable bonds is 4. The largest absolute Gasteiger partial charge is 0.472 e. The number of aliphatic hydroxyl groups excluding tert-OH is 1. The van der Waals surface area contributed by atoms with Gasteiger partial charge >= 0.3 is 15.6 Å². The molecule has 0 amide bonds. The normalized spacial score (nSPS) is 34.8. The molecular weight excluding hydrogens is 674 g/mol. The van der Waals surface area contributed by atoms with E-state index in [1.165, 1.54) is 17.1 Å². The zero-order valence-electron chi connectivity index (χ0n) is 23.7. The van der Waals surface area contributed by atoms with Crippen LogP contribution in [-0.4, -0.2) is 97.7 Å². The number of aliphatic hydroxyl groups is 1. The smallest absolute Gasteiger partial charge is 0.386 e. The van der Waals surface area contributed by atoms with Crippen LogP contribution in [0.5, 0.6) is 0 Å². The number of nitrogens with zero attached hydrogens (tertiary/aromatic N) is 6. The zero-order valence-corrected chi connectivity index (χ0v) is 25.5. The predicted octanol–water partition coefficient (Wildman–Crippen LogP) is -1.05. The van der Waals surface area contributed by atoms with Gasteiger partial charge in [-0.2, -0.15) is 9.97 Å². The van der Waals surface area contributed by atoms with E-state index >= 15 is 0 Å². The first-order valence-electron chi connectivity index (χ1n) is 13.7. The molecule has 2 unspecified atom stereocenters. The van der Waals surface area contributed by atoms with Gasteiger partial charge in [-0.1, -0.05) is 6.58 Å². The summed E-state index contributed by atoms with van der Waals surface area (Å²) < 4.78 is 61.6. The molecule has 0 spiro atoms. The molecule has 3 saturated heterocycles. The summed E-state index contributed by atoms with van der Waals surface area (Å²) in [5, 5.41) is 13.8. The summed E-state index contributed by atoms with van der Waals surface area (Å²) >= 11 is 0. The highest BCUT2D eigenvalue weighted by Gasteiger charge is 2.52. The Bertz CT molecular complexity index is 2080. The lowest BCUT2D eigenvalue weighted by atomic mass is 10.1. The van der Waals surface area contributed by atoms with Gasteiger partial charge in [-0.25, -0.2) is 19.1 Å². The molecule has 252 valence electrons. The number of anilines is 2. The maximum Gasteiger partial charge on any atom is 0.472 e. The van der Waals surface area contributed by atoms with Crippen LogP contribution in [0.25, 0.3) is 22.3 Å². The second-order valence-corrected chi connectivity index (χ2v) is 13.3. The van der Waals surface area contributed by atoms with Crippen LogP contribution in [0.2, 0.25) is 0 Å². The van der Waals surface area contributed by atoms with E-state index in [1.807, 2.05) is 0 Å². The number of nitrogens with two attached hydrogens (primary N) is 1. The van der Waals surface area contributed by atoms with Crippen molar-refractivity contribution in [3.8, 4) is 0 Å². The third kappa shape index (κ3) is 5.91. The molecule has 25 heteroatoms. The van der Waals surface area contributed by atoms with E-state index in [9.17, 15) is 33.6 Å². The number of nitrogens with one attached hydrogen (secondary N) is 3. The van der Waals surface area contributed by atoms with Gasteiger partial charge in [0.15, 0.2) is 28.6 Å². The number of ether oxygens (including phenoxy) is 2. The van der Waals surface area contributed by atoms with Crippen molar-refractivity contribution in [2.75, 3.05) is 24.3 Å². The van der Waals surface area contributed by atoms with Crippen LogP contribution in [0.15, 0.2) is 35.0 Å². The van der Waals surface area contributed by atoms with Gasteiger partial charge in [0.2, 0.25) is 11.9 Å². The van der Waals surface area contributed by atoms with Gasteiger partial charge in [0.05, 0.1) is 25.9 Å². The molecule has 23 nitrogen and oxygen atoms in total. The third-order valence-electron chi connectivity index (χ3n) is 7.52. The maximum absolute atomic E-state index is 13.1. The Morgan fingerprint density at radius 1 is 0.936 bits per heavy atom. The average molecular weight is 700 g/mol. The average Bonchev–Trinajstić information content (AvgIpc) is 3.76. The molecule has 47 heavy (non-hydrogen) atoms. The molecule has 0 radical (unpaired) electrons. The Morgan fingerprint density at radius 2 is 1.57 bits per heavy atom. The van der Waals surface area contributed by atoms with Gasteiger partial charge in [-0.3, -0.25) is 46.8 Å². The molecule has 3 aliphatic rings. The van der Waals surface area contributed by atoms with E-state index in [0.717, 1.165) is 10.9 Å². The van der Waals surface area contributed by atoms with Crippen molar-refractivity contribution in [3.05, 3.63) is 46.1 Å². The molecule has 4 aromatic rings. The van der Waals surface area contributed by atoms with Gasteiger partial charge in [-0.05, 0) is 6.20 Å². The molecule has 4 aromatic heterocycles. The lowest BCUT2D eigenvalue weighted by molar-refractivity contribution is -0.0662. The summed E-state index contributed by atoms with van der Waals surface area (Å²) in [7, 11) is -9.92. The summed E-state index contributed by atoms with van der Waals surface area (Å²) in [6, 6.07) is 0. The molecule has 9 atom stereocenters. The van der Waals surface area contributed by atoms with Gasteiger partial charge in [0.1, 0.15) is 36.7 Å². The number of fused-ring (bicyclic) bond motifs is 4. The van der Waals surface area contributed by atoms with Crippen LogP contribution in [0.1, 0.15) is 18.9 Å². The molecule has 7 heterocycles. The lowest BCUT2D eigenvalue weighted by Gasteiger charge is -2.27. The predicted molar refractivity (Wildman–Crippen MR) is 154 cm³/mol. The number of imidazole rings is 2. The van der Waals surface area contributed by atoms with Crippen molar-refractivity contribution in [1.29, 1.82) is 0 Å². The molecule has 0 saturated carbocycles. The van der Waals surface area contributed by atoms with Crippen LogP contribution in [0.3, 0.4) is 0 Å². The maximum atomic E-state index is 13.1. The van der Waals surface area contributed by atoms with Crippen LogP contribution in [0, 0.1) is 0 Å². The summed E-state index contributed by atoms with van der Waals surface area (Å²) in [5.74, 6) is -0.201. The minimum absolute atomic E-state index is 0.0335. The number of nitrogen functional groups attached to an aromatic ring is 1. The van der Waals surface area contributed by atoms with Crippen molar-refractivity contribution < 1.29 is 51.6 Å². The van der Waals surface area contributed by atoms with Gasteiger partial charge in [0, 0.05) is 6.42 Å². The second-order valence-electron chi connectivity index (χ2n) is 10.5. The first-order chi connectivity index (χ1) is 22.3. The van der Waals surface area contributed by atoms with E-state index in [0.29, 0.717) is 0 Å². The molecule has 3 aliphatic heterocycles. The molecule has 0 aromatic carbocycles. The highest BCUT2D eigenvalue weighted by atomic mass is 31.2. The number of hydrogen-bond donors (Lipinski definition) is 7. The topological polar surface area (TPSA) is 315 Å². The second kappa shape index (κ2) is 11.7. The lowest BCUT2D eigenvalue weighted by Crippen LogP contribution is -2.37. The minimum atomic E-state index is -5.01. The monoisotopic (exact) mass is 700 g/mol. The Morgan fingerprint density at radius 3 is 2.30 bits per heavy atom. The van der Waals surface area contributed by atoms with Gasteiger partial charge in [-0.15, -0.1) is 0 Å². The quantitative estimate of drug-likeness (QED) is 0.125. The fraction of sp³-hybridized carbons (Fsp3) is 0.455. The van der Waals surface area contributed by atoms with Gasteiger partial charge < -0.3 is 35.4 Å². The zero-order chi connectivity index (χ0) is 33.2. The summed E-state index contributed by atoms with van der Waals surface area (Å²) in [6.45, 7) is 2.04. The van der Waals surface area contributed by atoms with Crippen LogP contribution in [-0.2, 0) is 36.7 Å². The van der Waals surface area contributed by atoms with E-state index in [1.54, 1.807) is 0 Å². The van der Waals surface area contributed by atoms with Crippen LogP contribution in [0.4, 0.5) is 11.9 Å². The van der Waals surface area contributed by atoms with E-state index < -0.39 is 83.0 Å². The van der Waals surface area contributed by atoms with E-state index in [4.69, 9.17) is 33.3 Å². The van der Waals surface area contributed by atoms with Crippen molar-refractivity contribution in [2.45, 2.75) is 49.4 Å². The Kier molecular flexibility index (Phi) is 7.88.